The van der Waals surface area contributed by atoms with Crippen LogP contribution in [0.3, 0.4) is 0 Å². The molecular weight excluding hydrogens is 380 g/mol. The number of rotatable bonds is 4. The van der Waals surface area contributed by atoms with Crippen LogP contribution < -0.4 is 9.80 Å². The summed E-state index contributed by atoms with van der Waals surface area (Å²) in [6.45, 7) is 3.05. The van der Waals surface area contributed by atoms with Gasteiger partial charge in [0.2, 0.25) is 0 Å². The molecule has 3 heterocycles. The standard InChI is InChI=1S/C14H16N6O6S/c21-19(22)12-10-9(15-27-16-10)11(17-1-5-25-6-2-17)14(20(23)24)13(12)18-3-7-26-8-4-18/h1-8H2. The maximum absolute atomic E-state index is 12.1. The Morgan fingerprint density at radius 1 is 0.778 bits per heavy atom. The Balaban J connectivity index is 2.04. The van der Waals surface area contributed by atoms with E-state index in [0.717, 1.165) is 11.7 Å². The maximum atomic E-state index is 12.1. The molecule has 2 saturated heterocycles. The fourth-order valence-electron chi connectivity index (χ4n) is 3.47. The number of fused-ring (bicyclic) bond motifs is 1. The Labute approximate surface area is 156 Å². The van der Waals surface area contributed by atoms with Crippen molar-refractivity contribution in [3.8, 4) is 0 Å². The molecule has 27 heavy (non-hydrogen) atoms. The third-order valence-corrected chi connectivity index (χ3v) is 5.16. The highest BCUT2D eigenvalue weighted by Gasteiger charge is 2.41. The van der Waals surface area contributed by atoms with Gasteiger partial charge in [0.15, 0.2) is 11.2 Å². The molecule has 2 fully saturated rings. The second-order valence-corrected chi connectivity index (χ2v) is 6.60. The van der Waals surface area contributed by atoms with Crippen LogP contribution in [0.1, 0.15) is 0 Å². The Bertz CT molecular complexity index is 892. The van der Waals surface area contributed by atoms with Gasteiger partial charge in [0.05, 0.1) is 48.0 Å². The lowest BCUT2D eigenvalue weighted by Crippen LogP contribution is -2.39. The van der Waals surface area contributed by atoms with Crippen molar-refractivity contribution >= 4 is 45.5 Å². The van der Waals surface area contributed by atoms with Crippen molar-refractivity contribution in [2.75, 3.05) is 62.4 Å². The van der Waals surface area contributed by atoms with Crippen LogP contribution in [-0.4, -0.2) is 71.2 Å². The number of morpholine rings is 2. The summed E-state index contributed by atoms with van der Waals surface area (Å²) in [5.74, 6) is 0. The van der Waals surface area contributed by atoms with Crippen molar-refractivity contribution in [3.63, 3.8) is 0 Å². The minimum atomic E-state index is -0.607. The lowest BCUT2D eigenvalue weighted by Gasteiger charge is -2.31. The van der Waals surface area contributed by atoms with Crippen molar-refractivity contribution in [3.05, 3.63) is 20.2 Å². The lowest BCUT2D eigenvalue weighted by molar-refractivity contribution is -0.391. The molecule has 1 aromatic carbocycles. The van der Waals surface area contributed by atoms with Gasteiger partial charge in [-0.3, -0.25) is 20.2 Å². The van der Waals surface area contributed by atoms with Crippen molar-refractivity contribution in [2.24, 2.45) is 0 Å². The Kier molecular flexibility index (Phi) is 4.72. The first-order valence-corrected chi connectivity index (χ1v) is 9.09. The summed E-state index contributed by atoms with van der Waals surface area (Å²) in [6.07, 6.45) is 0. The molecule has 13 heteroatoms. The van der Waals surface area contributed by atoms with E-state index in [1.54, 1.807) is 9.80 Å². The van der Waals surface area contributed by atoms with Gasteiger partial charge in [-0.2, -0.15) is 8.75 Å². The number of aromatic nitrogens is 2. The molecule has 144 valence electrons. The van der Waals surface area contributed by atoms with E-state index in [4.69, 9.17) is 9.47 Å². The zero-order valence-electron chi connectivity index (χ0n) is 14.2. The van der Waals surface area contributed by atoms with E-state index in [1.807, 2.05) is 0 Å². The van der Waals surface area contributed by atoms with E-state index in [0.29, 0.717) is 52.6 Å². The number of nitro benzene ring substituents is 2. The summed E-state index contributed by atoms with van der Waals surface area (Å²) in [5, 5.41) is 24.0. The van der Waals surface area contributed by atoms with Gasteiger partial charge in [-0.15, -0.1) is 0 Å². The highest BCUT2D eigenvalue weighted by atomic mass is 32.1. The molecule has 4 rings (SSSR count). The summed E-state index contributed by atoms with van der Waals surface area (Å²) >= 11 is 0.810. The van der Waals surface area contributed by atoms with Crippen LogP contribution >= 0.6 is 11.7 Å². The Hall–Kier alpha value is -2.64. The van der Waals surface area contributed by atoms with E-state index in [1.165, 1.54) is 0 Å². The largest absolute Gasteiger partial charge is 0.378 e. The van der Waals surface area contributed by atoms with Gasteiger partial charge in [0, 0.05) is 26.2 Å². The number of benzene rings is 1. The molecular formula is C14H16N6O6S. The predicted molar refractivity (Wildman–Crippen MR) is 96.8 cm³/mol. The Morgan fingerprint density at radius 2 is 1.26 bits per heavy atom. The topological polar surface area (TPSA) is 137 Å². The van der Waals surface area contributed by atoms with Crippen molar-refractivity contribution < 1.29 is 19.3 Å². The number of ether oxygens (including phenoxy) is 2. The quantitative estimate of drug-likeness (QED) is 0.547. The molecule has 0 bridgehead atoms. The van der Waals surface area contributed by atoms with E-state index in [-0.39, 0.29) is 33.8 Å². The number of hydrogen-bond donors (Lipinski definition) is 0. The van der Waals surface area contributed by atoms with E-state index in [2.05, 4.69) is 8.75 Å². The molecule has 0 unspecified atom stereocenters. The van der Waals surface area contributed by atoms with Gasteiger partial charge in [-0.1, -0.05) is 0 Å². The minimum Gasteiger partial charge on any atom is -0.378 e. The molecule has 1 aromatic heterocycles. The average Bonchev–Trinajstić information content (AvgIpc) is 3.16. The Morgan fingerprint density at radius 3 is 1.78 bits per heavy atom. The first-order valence-electron chi connectivity index (χ1n) is 8.36. The minimum absolute atomic E-state index is 0.0185. The van der Waals surface area contributed by atoms with Crippen LogP contribution in [0.25, 0.3) is 11.0 Å². The summed E-state index contributed by atoms with van der Waals surface area (Å²) in [6, 6.07) is 0. The summed E-state index contributed by atoms with van der Waals surface area (Å²) < 4.78 is 18.9. The second kappa shape index (κ2) is 7.17. The molecule has 0 atom stereocenters. The molecule has 0 amide bonds. The lowest BCUT2D eigenvalue weighted by atomic mass is 10.1. The molecule has 2 aromatic rings. The van der Waals surface area contributed by atoms with Gasteiger partial charge in [-0.25, -0.2) is 0 Å². The number of hydrogen-bond acceptors (Lipinski definition) is 11. The molecule has 2 aliphatic rings. The molecule has 12 nitrogen and oxygen atoms in total. The normalized spacial score (nSPS) is 18.1. The highest BCUT2D eigenvalue weighted by Crippen LogP contribution is 2.50. The van der Waals surface area contributed by atoms with Crippen molar-refractivity contribution in [1.29, 1.82) is 0 Å². The SMILES string of the molecule is O=[N+]([O-])c1c(N2CCOCC2)c([N+](=O)[O-])c2nsnc2c1N1CCOCC1. The van der Waals surface area contributed by atoms with Gasteiger partial charge in [-0.05, 0) is 0 Å². The average molecular weight is 396 g/mol. The van der Waals surface area contributed by atoms with Crippen LogP contribution in [-0.2, 0) is 9.47 Å². The zero-order valence-corrected chi connectivity index (χ0v) is 15.0. The number of nitrogens with zero attached hydrogens (tertiary/aromatic N) is 6. The van der Waals surface area contributed by atoms with Crippen LogP contribution in [0.2, 0.25) is 0 Å². The molecule has 0 spiro atoms. The molecule has 0 saturated carbocycles. The summed E-state index contributed by atoms with van der Waals surface area (Å²) in [5.41, 5.74) is -0.139. The third kappa shape index (κ3) is 3.02. The van der Waals surface area contributed by atoms with Crippen molar-refractivity contribution in [1.82, 2.24) is 8.75 Å². The van der Waals surface area contributed by atoms with E-state index >= 15 is 0 Å². The molecule has 0 radical (unpaired) electrons. The highest BCUT2D eigenvalue weighted by molar-refractivity contribution is 7.00. The summed E-state index contributed by atoms with van der Waals surface area (Å²) in [4.78, 5) is 26.2. The first-order chi connectivity index (χ1) is 13.1. The second-order valence-electron chi connectivity index (χ2n) is 6.07. The van der Waals surface area contributed by atoms with Gasteiger partial charge >= 0.3 is 11.4 Å². The number of nitro groups is 2. The fourth-order valence-corrected chi connectivity index (χ4v) is 4.02. The van der Waals surface area contributed by atoms with Crippen LogP contribution in [0.4, 0.5) is 22.7 Å². The van der Waals surface area contributed by atoms with E-state index in [9.17, 15) is 20.2 Å². The molecule has 2 aliphatic heterocycles. The third-order valence-electron chi connectivity index (χ3n) is 4.63. The van der Waals surface area contributed by atoms with Gasteiger partial charge in [0.1, 0.15) is 11.2 Å². The molecule has 0 aliphatic carbocycles. The summed E-state index contributed by atoms with van der Waals surface area (Å²) in [7, 11) is 0. The van der Waals surface area contributed by atoms with Crippen LogP contribution in [0.5, 0.6) is 0 Å². The maximum Gasteiger partial charge on any atom is 0.328 e. The fraction of sp³-hybridized carbons (Fsp3) is 0.571. The van der Waals surface area contributed by atoms with Gasteiger partial charge < -0.3 is 19.3 Å². The smallest absolute Gasteiger partial charge is 0.328 e. The van der Waals surface area contributed by atoms with Gasteiger partial charge in [0.25, 0.3) is 0 Å². The predicted octanol–water partition coefficient (Wildman–Crippen LogP) is 1.18. The van der Waals surface area contributed by atoms with Crippen LogP contribution in [0.15, 0.2) is 0 Å². The zero-order chi connectivity index (χ0) is 19.0. The monoisotopic (exact) mass is 396 g/mol. The molecule has 0 N–H and O–H groups in total. The van der Waals surface area contributed by atoms with Crippen LogP contribution in [0, 0.1) is 20.2 Å². The van der Waals surface area contributed by atoms with E-state index < -0.39 is 9.85 Å². The van der Waals surface area contributed by atoms with Crippen molar-refractivity contribution in [2.45, 2.75) is 0 Å². The number of anilines is 2. The first kappa shape index (κ1) is 17.8.